The summed E-state index contributed by atoms with van der Waals surface area (Å²) in [6.07, 6.45) is 0.568. The fourth-order valence-corrected chi connectivity index (χ4v) is 1.89. The van der Waals surface area contributed by atoms with Gasteiger partial charge >= 0.3 is 0 Å². The molecule has 0 amide bonds. The van der Waals surface area contributed by atoms with Crippen LogP contribution < -0.4 is 0 Å². The van der Waals surface area contributed by atoms with Gasteiger partial charge in [-0.25, -0.2) is 0 Å². The van der Waals surface area contributed by atoms with Crippen molar-refractivity contribution >= 4 is 15.9 Å². The van der Waals surface area contributed by atoms with E-state index in [0.717, 1.165) is 15.6 Å². The fourth-order valence-electron chi connectivity index (χ4n) is 1.49. The van der Waals surface area contributed by atoms with Crippen molar-refractivity contribution in [2.24, 2.45) is 0 Å². The first-order valence-electron chi connectivity index (χ1n) is 4.57. The van der Waals surface area contributed by atoms with Gasteiger partial charge in [0, 0.05) is 11.1 Å². The molecule has 0 aliphatic heterocycles. The molecule has 2 N–H and O–H groups in total. The maximum atomic E-state index is 9.89. The minimum absolute atomic E-state index is 0.0968. The molecule has 1 rings (SSSR count). The number of aliphatic hydroxyl groups is 2. The molecule has 0 unspecified atom stereocenters. The molecule has 1 aromatic rings. The molecular weight excluding hydrogens is 244 g/mol. The summed E-state index contributed by atoms with van der Waals surface area (Å²) in [6, 6.07) is 5.72. The molecule has 2 nitrogen and oxygen atoms in total. The van der Waals surface area contributed by atoms with Gasteiger partial charge in [-0.15, -0.1) is 0 Å². The summed E-state index contributed by atoms with van der Waals surface area (Å²) in [5, 5.41) is 18.8. The summed E-state index contributed by atoms with van der Waals surface area (Å²) in [7, 11) is 0. The molecule has 0 fully saturated rings. The zero-order valence-corrected chi connectivity index (χ0v) is 10.0. The molecule has 14 heavy (non-hydrogen) atoms. The molecule has 0 atom stereocenters. The van der Waals surface area contributed by atoms with E-state index in [1.165, 1.54) is 0 Å². The number of hydrogen-bond acceptors (Lipinski definition) is 2. The summed E-state index contributed by atoms with van der Waals surface area (Å²) < 4.78 is 0.967. The molecule has 0 radical (unpaired) electrons. The number of benzene rings is 1. The fraction of sp³-hybridized carbons (Fsp3) is 0.455. The zero-order valence-electron chi connectivity index (χ0n) is 8.42. The summed E-state index contributed by atoms with van der Waals surface area (Å²) in [6.45, 7) is 3.59. The first-order chi connectivity index (χ1) is 6.45. The van der Waals surface area contributed by atoms with E-state index < -0.39 is 5.60 Å². The van der Waals surface area contributed by atoms with E-state index in [2.05, 4.69) is 15.9 Å². The van der Waals surface area contributed by atoms with Crippen LogP contribution >= 0.6 is 15.9 Å². The van der Waals surface area contributed by atoms with Crippen molar-refractivity contribution in [3.05, 3.63) is 33.8 Å². The van der Waals surface area contributed by atoms with E-state index in [1.807, 2.05) is 18.2 Å². The van der Waals surface area contributed by atoms with Crippen molar-refractivity contribution in [3.63, 3.8) is 0 Å². The molecule has 0 aliphatic carbocycles. The van der Waals surface area contributed by atoms with Crippen molar-refractivity contribution in [1.82, 2.24) is 0 Å². The van der Waals surface area contributed by atoms with Crippen molar-refractivity contribution in [2.45, 2.75) is 25.9 Å². The molecule has 0 spiro atoms. The lowest BCUT2D eigenvalue weighted by Gasteiger charge is -2.21. The second kappa shape index (κ2) is 4.43. The monoisotopic (exact) mass is 258 g/mol. The van der Waals surface area contributed by atoms with Gasteiger partial charge in [0.05, 0.1) is 5.60 Å². The van der Waals surface area contributed by atoms with Crippen LogP contribution in [0.5, 0.6) is 0 Å². The standard InChI is InChI=1S/C11H15BrO2/c1-11(2,14)10-4-3-9(12)7-8(10)5-6-13/h3-4,7,13-14H,5-6H2,1-2H3. The van der Waals surface area contributed by atoms with Crippen molar-refractivity contribution in [2.75, 3.05) is 6.61 Å². The topological polar surface area (TPSA) is 40.5 Å². The van der Waals surface area contributed by atoms with E-state index in [0.29, 0.717) is 6.42 Å². The predicted octanol–water partition coefficient (Wildman–Crippen LogP) is 2.21. The van der Waals surface area contributed by atoms with E-state index in [4.69, 9.17) is 5.11 Å². The lowest BCUT2D eigenvalue weighted by atomic mass is 9.92. The van der Waals surface area contributed by atoms with Crippen LogP contribution in [0.1, 0.15) is 25.0 Å². The number of rotatable bonds is 3. The van der Waals surface area contributed by atoms with Gasteiger partial charge in [-0.2, -0.15) is 0 Å². The molecule has 0 aliphatic rings. The third-order valence-electron chi connectivity index (χ3n) is 2.11. The number of hydrogen-bond donors (Lipinski definition) is 2. The van der Waals surface area contributed by atoms with Gasteiger partial charge in [0.15, 0.2) is 0 Å². The highest BCUT2D eigenvalue weighted by molar-refractivity contribution is 9.10. The van der Waals surface area contributed by atoms with Gasteiger partial charge in [0.25, 0.3) is 0 Å². The Bertz CT molecular complexity index is 316. The molecule has 78 valence electrons. The van der Waals surface area contributed by atoms with Crippen LogP contribution in [0.2, 0.25) is 0 Å². The predicted molar refractivity (Wildman–Crippen MR) is 60.2 cm³/mol. The smallest absolute Gasteiger partial charge is 0.0843 e. The maximum Gasteiger partial charge on any atom is 0.0843 e. The third kappa shape index (κ3) is 2.80. The highest BCUT2D eigenvalue weighted by Gasteiger charge is 2.19. The SMILES string of the molecule is CC(C)(O)c1ccc(Br)cc1CCO. The van der Waals surface area contributed by atoms with E-state index in [-0.39, 0.29) is 6.61 Å². The van der Waals surface area contributed by atoms with Crippen LogP contribution in [0.15, 0.2) is 22.7 Å². The molecule has 0 saturated carbocycles. The Kier molecular flexibility index (Phi) is 3.70. The molecule has 0 aromatic heterocycles. The Morgan fingerprint density at radius 3 is 2.50 bits per heavy atom. The van der Waals surface area contributed by atoms with Crippen LogP contribution in [0.25, 0.3) is 0 Å². The third-order valence-corrected chi connectivity index (χ3v) is 2.60. The first kappa shape index (κ1) is 11.7. The molecule has 0 bridgehead atoms. The Labute approximate surface area is 92.7 Å². The van der Waals surface area contributed by atoms with E-state index in [9.17, 15) is 5.11 Å². The average Bonchev–Trinajstić information content (AvgIpc) is 2.02. The minimum Gasteiger partial charge on any atom is -0.396 e. The van der Waals surface area contributed by atoms with Gasteiger partial charge in [0.2, 0.25) is 0 Å². The van der Waals surface area contributed by atoms with Crippen LogP contribution in [-0.4, -0.2) is 16.8 Å². The van der Waals surface area contributed by atoms with Crippen molar-refractivity contribution < 1.29 is 10.2 Å². The average molecular weight is 259 g/mol. The van der Waals surface area contributed by atoms with E-state index in [1.54, 1.807) is 13.8 Å². The van der Waals surface area contributed by atoms with Crippen LogP contribution in [0.4, 0.5) is 0 Å². The van der Waals surface area contributed by atoms with Crippen LogP contribution in [0.3, 0.4) is 0 Å². The van der Waals surface area contributed by atoms with Gasteiger partial charge < -0.3 is 10.2 Å². The summed E-state index contributed by atoms with van der Waals surface area (Å²) >= 11 is 3.37. The zero-order chi connectivity index (χ0) is 10.8. The van der Waals surface area contributed by atoms with Crippen LogP contribution in [0, 0.1) is 0 Å². The Morgan fingerprint density at radius 2 is 2.00 bits per heavy atom. The Morgan fingerprint density at radius 1 is 1.36 bits per heavy atom. The number of halogens is 1. The second-order valence-electron chi connectivity index (χ2n) is 3.83. The maximum absolute atomic E-state index is 9.89. The highest BCUT2D eigenvalue weighted by atomic mass is 79.9. The summed E-state index contributed by atoms with van der Waals surface area (Å²) in [5.74, 6) is 0. The van der Waals surface area contributed by atoms with Gasteiger partial charge in [-0.3, -0.25) is 0 Å². The highest BCUT2D eigenvalue weighted by Crippen LogP contribution is 2.26. The van der Waals surface area contributed by atoms with Crippen LogP contribution in [-0.2, 0) is 12.0 Å². The molecule has 0 heterocycles. The van der Waals surface area contributed by atoms with E-state index >= 15 is 0 Å². The summed E-state index contributed by atoms with van der Waals surface area (Å²) in [5.41, 5.74) is 0.995. The van der Waals surface area contributed by atoms with Gasteiger partial charge in [0.1, 0.15) is 0 Å². The minimum atomic E-state index is -0.856. The first-order valence-corrected chi connectivity index (χ1v) is 5.36. The molecule has 3 heteroatoms. The second-order valence-corrected chi connectivity index (χ2v) is 4.75. The molecular formula is C11H15BrO2. The summed E-state index contributed by atoms with van der Waals surface area (Å²) in [4.78, 5) is 0. The normalized spacial score (nSPS) is 11.8. The van der Waals surface area contributed by atoms with Crippen molar-refractivity contribution in [1.29, 1.82) is 0 Å². The Balaban J connectivity index is 3.15. The number of aliphatic hydroxyl groups excluding tert-OH is 1. The quantitative estimate of drug-likeness (QED) is 0.873. The van der Waals surface area contributed by atoms with Crippen molar-refractivity contribution in [3.8, 4) is 0 Å². The molecule has 1 aromatic carbocycles. The largest absolute Gasteiger partial charge is 0.396 e. The molecule has 0 saturated heterocycles. The Hall–Kier alpha value is -0.380. The lowest BCUT2D eigenvalue weighted by molar-refractivity contribution is 0.0773. The van der Waals surface area contributed by atoms with Gasteiger partial charge in [-0.1, -0.05) is 22.0 Å². The lowest BCUT2D eigenvalue weighted by Crippen LogP contribution is -2.18. The van der Waals surface area contributed by atoms with Gasteiger partial charge in [-0.05, 0) is 43.5 Å².